The maximum absolute atomic E-state index is 11.3. The fourth-order valence-corrected chi connectivity index (χ4v) is 2.34. The van der Waals surface area contributed by atoms with E-state index in [1.807, 2.05) is 6.08 Å². The first-order valence-corrected chi connectivity index (χ1v) is 6.48. The van der Waals surface area contributed by atoms with Gasteiger partial charge >= 0.3 is 0 Å². The Kier molecular flexibility index (Phi) is 5.67. The van der Waals surface area contributed by atoms with Crippen LogP contribution in [-0.4, -0.2) is 5.78 Å². The molecule has 1 aliphatic carbocycles. The van der Waals surface area contributed by atoms with Gasteiger partial charge in [0.25, 0.3) is 0 Å². The van der Waals surface area contributed by atoms with Gasteiger partial charge in [0, 0.05) is 6.42 Å². The molecule has 1 nitrogen and oxygen atoms in total. The lowest BCUT2D eigenvalue weighted by molar-refractivity contribution is -0.115. The molecule has 1 rings (SSSR count). The van der Waals surface area contributed by atoms with Crippen molar-refractivity contribution in [3.63, 3.8) is 0 Å². The van der Waals surface area contributed by atoms with Crippen LogP contribution in [0.3, 0.4) is 0 Å². The normalized spacial score (nSPS) is 18.8. The number of carbonyl (C=O) groups is 1. The first-order chi connectivity index (χ1) is 7.26. The number of hydrogen-bond donors (Lipinski definition) is 0. The Bertz CT molecular complexity index is 227. The molecule has 1 atom stereocenters. The number of ketones is 1. The predicted molar refractivity (Wildman–Crippen MR) is 64.9 cm³/mol. The smallest absolute Gasteiger partial charge is 0.155 e. The van der Waals surface area contributed by atoms with Crippen LogP contribution >= 0.6 is 0 Å². The Morgan fingerprint density at radius 3 is 2.73 bits per heavy atom. The van der Waals surface area contributed by atoms with Gasteiger partial charge in [-0.15, -0.1) is 0 Å². The number of hydrogen-bond acceptors (Lipinski definition) is 1. The van der Waals surface area contributed by atoms with E-state index in [1.165, 1.54) is 37.7 Å². The van der Waals surface area contributed by atoms with E-state index in [9.17, 15) is 4.79 Å². The molecule has 0 aromatic carbocycles. The van der Waals surface area contributed by atoms with Gasteiger partial charge in [-0.25, -0.2) is 0 Å². The number of allylic oxidation sites excluding steroid dienone is 2. The van der Waals surface area contributed by atoms with Crippen molar-refractivity contribution in [2.75, 3.05) is 0 Å². The van der Waals surface area contributed by atoms with Crippen LogP contribution in [0.15, 0.2) is 11.6 Å². The highest BCUT2D eigenvalue weighted by Gasteiger charge is 2.13. The van der Waals surface area contributed by atoms with Crippen LogP contribution in [-0.2, 0) is 4.79 Å². The van der Waals surface area contributed by atoms with Gasteiger partial charge in [0.15, 0.2) is 5.78 Å². The summed E-state index contributed by atoms with van der Waals surface area (Å²) in [4.78, 5) is 11.3. The molecule has 0 N–H and O–H groups in total. The molecule has 1 aliphatic rings. The Hall–Kier alpha value is -0.590. The predicted octanol–water partition coefficient (Wildman–Crippen LogP) is 4.27. The first kappa shape index (κ1) is 12.5. The van der Waals surface area contributed by atoms with Gasteiger partial charge in [-0.1, -0.05) is 45.1 Å². The lowest BCUT2D eigenvalue weighted by Crippen LogP contribution is -2.07. The van der Waals surface area contributed by atoms with Crippen LogP contribution < -0.4 is 0 Å². The number of rotatable bonds is 6. The van der Waals surface area contributed by atoms with E-state index in [4.69, 9.17) is 0 Å². The second-order valence-corrected chi connectivity index (χ2v) is 4.74. The van der Waals surface area contributed by atoms with E-state index >= 15 is 0 Å². The Morgan fingerprint density at radius 1 is 1.33 bits per heavy atom. The molecule has 0 aromatic heterocycles. The largest absolute Gasteiger partial charge is 0.295 e. The van der Waals surface area contributed by atoms with Crippen molar-refractivity contribution in [2.24, 2.45) is 5.92 Å². The average molecular weight is 208 g/mol. The number of carbonyl (C=O) groups excluding carboxylic acids is 1. The van der Waals surface area contributed by atoms with Crippen molar-refractivity contribution in [3.05, 3.63) is 11.6 Å². The van der Waals surface area contributed by atoms with Gasteiger partial charge in [-0.3, -0.25) is 4.79 Å². The average Bonchev–Trinajstić information content (AvgIpc) is 2.24. The lowest BCUT2D eigenvalue weighted by Gasteiger charge is -2.18. The van der Waals surface area contributed by atoms with Crippen LogP contribution in [0.4, 0.5) is 0 Å². The maximum Gasteiger partial charge on any atom is 0.155 e. The summed E-state index contributed by atoms with van der Waals surface area (Å²) >= 11 is 0. The van der Waals surface area contributed by atoms with E-state index in [-0.39, 0.29) is 0 Å². The van der Waals surface area contributed by atoms with Gasteiger partial charge < -0.3 is 0 Å². The molecular weight excluding hydrogens is 184 g/mol. The van der Waals surface area contributed by atoms with E-state index in [1.54, 1.807) is 0 Å². The maximum atomic E-state index is 11.3. The van der Waals surface area contributed by atoms with Crippen molar-refractivity contribution in [1.29, 1.82) is 0 Å². The summed E-state index contributed by atoms with van der Waals surface area (Å²) in [5, 5.41) is 0. The molecule has 0 unspecified atom stereocenters. The van der Waals surface area contributed by atoms with Crippen LogP contribution in [0.25, 0.3) is 0 Å². The van der Waals surface area contributed by atoms with Crippen LogP contribution in [0, 0.1) is 5.92 Å². The highest BCUT2D eigenvalue weighted by molar-refractivity contribution is 5.91. The molecule has 15 heavy (non-hydrogen) atoms. The summed E-state index contributed by atoms with van der Waals surface area (Å²) in [6.45, 7) is 4.52. The van der Waals surface area contributed by atoms with Gasteiger partial charge in [-0.05, 0) is 31.3 Å². The zero-order chi connectivity index (χ0) is 11.1. The molecular formula is C14H24O. The molecule has 0 saturated carbocycles. The molecule has 86 valence electrons. The molecule has 0 saturated heterocycles. The second-order valence-electron chi connectivity index (χ2n) is 4.74. The summed E-state index contributed by atoms with van der Waals surface area (Å²) in [7, 11) is 0. The second kappa shape index (κ2) is 6.81. The van der Waals surface area contributed by atoms with E-state index in [0.29, 0.717) is 5.78 Å². The molecule has 0 radical (unpaired) electrons. The molecule has 0 spiro atoms. The van der Waals surface area contributed by atoms with Gasteiger partial charge in [0.05, 0.1) is 0 Å². The molecule has 0 aliphatic heterocycles. The van der Waals surface area contributed by atoms with Crippen LogP contribution in [0.5, 0.6) is 0 Å². The van der Waals surface area contributed by atoms with Crippen LogP contribution in [0.1, 0.15) is 65.2 Å². The van der Waals surface area contributed by atoms with Crippen LogP contribution in [0.2, 0.25) is 0 Å². The van der Waals surface area contributed by atoms with Crippen molar-refractivity contribution in [2.45, 2.75) is 65.2 Å². The molecule has 0 amide bonds. The van der Waals surface area contributed by atoms with Crippen molar-refractivity contribution in [1.82, 2.24) is 0 Å². The highest BCUT2D eigenvalue weighted by atomic mass is 16.1. The highest BCUT2D eigenvalue weighted by Crippen LogP contribution is 2.26. The molecule has 1 heteroatoms. The van der Waals surface area contributed by atoms with Crippen molar-refractivity contribution < 1.29 is 4.79 Å². The minimum Gasteiger partial charge on any atom is -0.295 e. The minimum atomic E-state index is 0.349. The number of unbranched alkanes of at least 4 members (excludes halogenated alkanes) is 1. The lowest BCUT2D eigenvalue weighted by atomic mass is 9.87. The monoisotopic (exact) mass is 208 g/mol. The third-order valence-corrected chi connectivity index (χ3v) is 3.38. The van der Waals surface area contributed by atoms with E-state index in [0.717, 1.165) is 25.2 Å². The van der Waals surface area contributed by atoms with Crippen molar-refractivity contribution >= 4 is 5.78 Å². The third kappa shape index (κ3) is 4.63. The van der Waals surface area contributed by atoms with Crippen molar-refractivity contribution in [3.8, 4) is 0 Å². The SMILES string of the molecule is CCCC[C@H](CC)CC1=CC(=O)CCC1. The zero-order valence-electron chi connectivity index (χ0n) is 10.2. The fourth-order valence-electron chi connectivity index (χ4n) is 2.34. The summed E-state index contributed by atoms with van der Waals surface area (Å²) in [6, 6.07) is 0. The first-order valence-electron chi connectivity index (χ1n) is 6.48. The van der Waals surface area contributed by atoms with Gasteiger partial charge in [-0.2, -0.15) is 0 Å². The zero-order valence-corrected chi connectivity index (χ0v) is 10.2. The third-order valence-electron chi connectivity index (χ3n) is 3.38. The standard InChI is InChI=1S/C14H24O/c1-3-5-7-12(4-2)10-13-8-6-9-14(15)11-13/h11-12H,3-10H2,1-2H3/t12-/m0/s1. The fraction of sp³-hybridized carbons (Fsp3) is 0.786. The quantitative estimate of drug-likeness (QED) is 0.637. The molecule has 0 aromatic rings. The Labute approximate surface area is 93.9 Å². The summed E-state index contributed by atoms with van der Waals surface area (Å²) in [5.74, 6) is 1.16. The van der Waals surface area contributed by atoms with Gasteiger partial charge in [0.1, 0.15) is 0 Å². The Morgan fingerprint density at radius 2 is 2.13 bits per heavy atom. The summed E-state index contributed by atoms with van der Waals surface area (Å²) in [5.41, 5.74) is 1.41. The van der Waals surface area contributed by atoms with E-state index in [2.05, 4.69) is 13.8 Å². The topological polar surface area (TPSA) is 17.1 Å². The summed E-state index contributed by atoms with van der Waals surface area (Å²) < 4.78 is 0. The molecule has 0 fully saturated rings. The molecule has 0 heterocycles. The minimum absolute atomic E-state index is 0.349. The molecule has 0 bridgehead atoms. The van der Waals surface area contributed by atoms with Gasteiger partial charge in [0.2, 0.25) is 0 Å². The Balaban J connectivity index is 2.39. The van der Waals surface area contributed by atoms with E-state index < -0.39 is 0 Å². The summed E-state index contributed by atoms with van der Waals surface area (Å²) in [6.07, 6.45) is 11.3.